The molecule has 0 unspecified atom stereocenters. The number of ether oxygens (including phenoxy) is 1. The van der Waals surface area contributed by atoms with Gasteiger partial charge in [0.25, 0.3) is 5.91 Å². The summed E-state index contributed by atoms with van der Waals surface area (Å²) >= 11 is 0. The summed E-state index contributed by atoms with van der Waals surface area (Å²) in [5.41, 5.74) is 1.33. The Hall–Kier alpha value is -2.25. The van der Waals surface area contributed by atoms with Crippen LogP contribution in [0, 0.1) is 0 Å². The molecule has 4 rings (SSSR count). The van der Waals surface area contributed by atoms with Crippen LogP contribution >= 0.6 is 0 Å². The van der Waals surface area contributed by atoms with E-state index in [1.807, 2.05) is 12.1 Å². The first-order valence-corrected chi connectivity index (χ1v) is 11.1. The number of nitrogens with zero attached hydrogens (tertiary/aromatic N) is 2. The maximum atomic E-state index is 12.7. The Kier molecular flexibility index (Phi) is 6.49. The predicted octanol–water partition coefficient (Wildman–Crippen LogP) is 1.75. The summed E-state index contributed by atoms with van der Waals surface area (Å²) in [4.78, 5) is 41.4. The van der Waals surface area contributed by atoms with Gasteiger partial charge in [-0.1, -0.05) is 37.5 Å². The van der Waals surface area contributed by atoms with Crippen LogP contribution in [0.2, 0.25) is 0 Å². The predicted molar refractivity (Wildman–Crippen MR) is 112 cm³/mol. The highest BCUT2D eigenvalue weighted by Crippen LogP contribution is 2.34. The van der Waals surface area contributed by atoms with Crippen molar-refractivity contribution in [3.63, 3.8) is 0 Å². The molecule has 0 aromatic heterocycles. The third kappa shape index (κ3) is 4.42. The summed E-state index contributed by atoms with van der Waals surface area (Å²) in [6.07, 6.45) is 6.15. The molecule has 0 bridgehead atoms. The zero-order chi connectivity index (χ0) is 21.0. The van der Waals surface area contributed by atoms with Crippen LogP contribution in [0.4, 0.5) is 0 Å². The van der Waals surface area contributed by atoms with Crippen LogP contribution < -0.4 is 5.32 Å². The first-order chi connectivity index (χ1) is 14.6. The van der Waals surface area contributed by atoms with Crippen molar-refractivity contribution in [2.24, 2.45) is 0 Å². The van der Waals surface area contributed by atoms with Crippen molar-refractivity contribution in [3.8, 4) is 0 Å². The minimum absolute atomic E-state index is 0.00733. The minimum atomic E-state index is -0.299. The Morgan fingerprint density at radius 2 is 1.80 bits per heavy atom. The van der Waals surface area contributed by atoms with E-state index < -0.39 is 0 Å². The number of carbonyl (C=O) groups excluding carboxylic acids is 3. The Balaban J connectivity index is 1.33. The molecule has 1 saturated carbocycles. The number of hydrogen-bond donors (Lipinski definition) is 1. The minimum Gasteiger partial charge on any atom is -0.379 e. The van der Waals surface area contributed by atoms with Gasteiger partial charge in [-0.2, -0.15) is 0 Å². The van der Waals surface area contributed by atoms with Crippen LogP contribution in [0.1, 0.15) is 54.4 Å². The molecule has 0 spiro atoms. The molecule has 1 N–H and O–H groups in total. The molecule has 0 radical (unpaired) electrons. The number of benzene rings is 1. The largest absolute Gasteiger partial charge is 0.379 e. The van der Waals surface area contributed by atoms with Crippen LogP contribution in [0.15, 0.2) is 24.3 Å². The third-order valence-corrected chi connectivity index (χ3v) is 6.78. The fourth-order valence-electron chi connectivity index (χ4n) is 5.04. The first kappa shape index (κ1) is 21.0. The lowest BCUT2D eigenvalue weighted by molar-refractivity contribution is -0.129. The fraction of sp³-hybridized carbons (Fsp3) is 0.609. The van der Waals surface area contributed by atoms with E-state index in [-0.39, 0.29) is 42.6 Å². The van der Waals surface area contributed by atoms with Crippen molar-refractivity contribution in [2.75, 3.05) is 39.4 Å². The smallest absolute Gasteiger partial charge is 0.260 e. The molecule has 2 heterocycles. The van der Waals surface area contributed by atoms with E-state index in [4.69, 9.17) is 4.74 Å². The summed E-state index contributed by atoms with van der Waals surface area (Å²) in [6.45, 7) is 4.06. The van der Waals surface area contributed by atoms with E-state index in [9.17, 15) is 14.4 Å². The summed E-state index contributed by atoms with van der Waals surface area (Å²) in [6, 6.07) is 7.18. The molecule has 3 amide bonds. The number of morpholine rings is 1. The zero-order valence-electron chi connectivity index (χ0n) is 17.5. The van der Waals surface area contributed by atoms with Crippen molar-refractivity contribution in [3.05, 3.63) is 35.4 Å². The Morgan fingerprint density at radius 1 is 1.07 bits per heavy atom. The van der Waals surface area contributed by atoms with Crippen molar-refractivity contribution in [2.45, 2.75) is 50.5 Å². The second-order valence-corrected chi connectivity index (χ2v) is 8.60. The third-order valence-electron chi connectivity index (χ3n) is 6.78. The second-order valence-electron chi connectivity index (χ2n) is 8.60. The first-order valence-electron chi connectivity index (χ1n) is 11.1. The monoisotopic (exact) mass is 413 g/mol. The summed E-state index contributed by atoms with van der Waals surface area (Å²) in [5, 5.41) is 3.11. The van der Waals surface area contributed by atoms with Gasteiger partial charge >= 0.3 is 0 Å². The lowest BCUT2D eigenvalue weighted by atomic mass is 9.79. The van der Waals surface area contributed by atoms with Crippen molar-refractivity contribution in [1.29, 1.82) is 0 Å². The number of amides is 3. The molecule has 1 aromatic rings. The normalized spacial score (nSPS) is 21.9. The fourth-order valence-corrected chi connectivity index (χ4v) is 5.04. The van der Waals surface area contributed by atoms with E-state index >= 15 is 0 Å². The molecule has 7 heteroatoms. The van der Waals surface area contributed by atoms with E-state index in [0.717, 1.165) is 44.7 Å². The number of fused-ring (bicyclic) bond motifs is 1. The molecular weight excluding hydrogens is 382 g/mol. The molecule has 3 aliphatic rings. The van der Waals surface area contributed by atoms with Crippen LogP contribution in [-0.2, 0) is 20.7 Å². The van der Waals surface area contributed by atoms with Gasteiger partial charge in [-0.25, -0.2) is 0 Å². The van der Waals surface area contributed by atoms with Crippen LogP contribution in [-0.4, -0.2) is 72.5 Å². The van der Waals surface area contributed by atoms with E-state index in [1.54, 1.807) is 12.1 Å². The standard InChI is InChI=1S/C23H31N3O4/c27-20(8-11-26-21(28)16-18-6-2-3-7-19(18)22(26)29)24-17-23(9-4-1-5-10-23)25-12-14-30-15-13-25/h2-3,6-7H,1,4-5,8-17H2,(H,24,27). The van der Waals surface area contributed by atoms with Crippen molar-refractivity contribution in [1.82, 2.24) is 15.1 Å². The van der Waals surface area contributed by atoms with Gasteiger partial charge < -0.3 is 10.1 Å². The van der Waals surface area contributed by atoms with Crippen molar-refractivity contribution < 1.29 is 19.1 Å². The Labute approximate surface area is 177 Å². The lowest BCUT2D eigenvalue weighted by Gasteiger charge is -2.48. The average molecular weight is 414 g/mol. The van der Waals surface area contributed by atoms with Gasteiger partial charge in [0.15, 0.2) is 0 Å². The molecule has 1 aromatic carbocycles. The van der Waals surface area contributed by atoms with Gasteiger partial charge in [-0.15, -0.1) is 0 Å². The maximum absolute atomic E-state index is 12.7. The average Bonchev–Trinajstić information content (AvgIpc) is 2.79. The zero-order valence-corrected chi connectivity index (χ0v) is 17.5. The topological polar surface area (TPSA) is 79.0 Å². The lowest BCUT2D eigenvalue weighted by Crippen LogP contribution is -2.59. The number of carbonyl (C=O) groups is 3. The molecule has 0 atom stereocenters. The maximum Gasteiger partial charge on any atom is 0.260 e. The summed E-state index contributed by atoms with van der Waals surface area (Å²) < 4.78 is 5.51. The summed E-state index contributed by atoms with van der Waals surface area (Å²) in [5.74, 6) is -0.636. The van der Waals surface area contributed by atoms with Gasteiger partial charge in [0, 0.05) is 43.7 Å². The highest BCUT2D eigenvalue weighted by atomic mass is 16.5. The van der Waals surface area contributed by atoms with Gasteiger partial charge in [-0.3, -0.25) is 24.2 Å². The van der Waals surface area contributed by atoms with E-state index in [2.05, 4.69) is 10.2 Å². The Morgan fingerprint density at radius 3 is 2.57 bits per heavy atom. The van der Waals surface area contributed by atoms with Crippen LogP contribution in [0.25, 0.3) is 0 Å². The van der Waals surface area contributed by atoms with E-state index in [1.165, 1.54) is 24.2 Å². The summed E-state index contributed by atoms with van der Waals surface area (Å²) in [7, 11) is 0. The van der Waals surface area contributed by atoms with Crippen LogP contribution in [0.5, 0.6) is 0 Å². The van der Waals surface area contributed by atoms with Gasteiger partial charge in [0.1, 0.15) is 0 Å². The molecule has 30 heavy (non-hydrogen) atoms. The molecule has 1 saturated heterocycles. The van der Waals surface area contributed by atoms with Gasteiger partial charge in [-0.05, 0) is 24.5 Å². The van der Waals surface area contributed by atoms with Gasteiger partial charge in [0.2, 0.25) is 11.8 Å². The molecule has 162 valence electrons. The number of rotatable bonds is 6. The highest BCUT2D eigenvalue weighted by Gasteiger charge is 2.39. The highest BCUT2D eigenvalue weighted by molar-refractivity contribution is 6.09. The quantitative estimate of drug-likeness (QED) is 0.719. The Bertz CT molecular complexity index is 797. The molecular formula is C23H31N3O4. The molecule has 7 nitrogen and oxygen atoms in total. The van der Waals surface area contributed by atoms with Crippen molar-refractivity contribution >= 4 is 17.7 Å². The second kappa shape index (κ2) is 9.27. The number of imide groups is 1. The molecule has 2 fully saturated rings. The molecule has 1 aliphatic carbocycles. The SMILES string of the molecule is O=C(CCN1C(=O)Cc2ccccc2C1=O)NCC1(N2CCOCC2)CCCCC1. The number of nitrogens with one attached hydrogen (secondary N) is 1. The number of hydrogen-bond acceptors (Lipinski definition) is 5. The van der Waals surface area contributed by atoms with Gasteiger partial charge in [0.05, 0.1) is 19.6 Å². The van der Waals surface area contributed by atoms with Crippen LogP contribution in [0.3, 0.4) is 0 Å². The molecule has 2 aliphatic heterocycles. The van der Waals surface area contributed by atoms with E-state index in [0.29, 0.717) is 12.1 Å².